The summed E-state index contributed by atoms with van der Waals surface area (Å²) in [5, 5.41) is 8.78. The lowest BCUT2D eigenvalue weighted by Gasteiger charge is -2.26. The Balaban J connectivity index is 2.00. The van der Waals surface area contributed by atoms with Gasteiger partial charge in [0.25, 0.3) is 0 Å². The fraction of sp³-hybridized carbons (Fsp3) is 0.714. The Morgan fingerprint density at radius 3 is 2.95 bits per heavy atom. The number of carbonyl (C=O) groups excluding carboxylic acids is 2. The molecule has 1 saturated heterocycles. The van der Waals surface area contributed by atoms with Crippen LogP contribution in [0.1, 0.15) is 19.8 Å². The third-order valence-corrected chi connectivity index (χ3v) is 3.70. The summed E-state index contributed by atoms with van der Waals surface area (Å²) in [6.45, 7) is 4.80. The van der Waals surface area contributed by atoms with Crippen LogP contribution in [0.15, 0.2) is 11.3 Å². The first-order valence-electron chi connectivity index (χ1n) is 7.46. The smallest absolute Gasteiger partial charge is 0.337 e. The van der Waals surface area contributed by atoms with Crippen LogP contribution in [0.4, 0.5) is 4.79 Å². The largest absolute Gasteiger partial charge is 0.463 e. The molecule has 21 heavy (non-hydrogen) atoms. The van der Waals surface area contributed by atoms with E-state index in [1.54, 1.807) is 6.92 Å². The van der Waals surface area contributed by atoms with Crippen molar-refractivity contribution < 1.29 is 14.3 Å². The predicted molar refractivity (Wildman–Crippen MR) is 78.7 cm³/mol. The second-order valence-electron chi connectivity index (χ2n) is 5.48. The van der Waals surface area contributed by atoms with Crippen LogP contribution in [0.2, 0.25) is 0 Å². The Morgan fingerprint density at radius 2 is 2.29 bits per heavy atom. The zero-order chi connectivity index (χ0) is 15.2. The first-order chi connectivity index (χ1) is 10.1. The summed E-state index contributed by atoms with van der Waals surface area (Å²) >= 11 is 0. The maximum absolute atomic E-state index is 11.9. The Morgan fingerprint density at radius 1 is 1.48 bits per heavy atom. The molecule has 2 heterocycles. The highest BCUT2D eigenvalue weighted by molar-refractivity contribution is 5.93. The summed E-state index contributed by atoms with van der Waals surface area (Å²) in [6.07, 6.45) is 2.37. The third-order valence-electron chi connectivity index (χ3n) is 3.70. The van der Waals surface area contributed by atoms with Gasteiger partial charge in [-0.3, -0.25) is 4.90 Å². The van der Waals surface area contributed by atoms with E-state index in [9.17, 15) is 9.59 Å². The number of hydrogen-bond donors (Lipinski definition) is 3. The molecule has 0 aromatic heterocycles. The molecule has 7 nitrogen and oxygen atoms in total. The maximum atomic E-state index is 11.9. The van der Waals surface area contributed by atoms with E-state index in [-0.39, 0.29) is 18.5 Å². The molecule has 1 atom stereocenters. The van der Waals surface area contributed by atoms with Crippen LogP contribution in [0.3, 0.4) is 0 Å². The summed E-state index contributed by atoms with van der Waals surface area (Å²) in [5.74, 6) is -0.368. The lowest BCUT2D eigenvalue weighted by atomic mass is 10.1. The summed E-state index contributed by atoms with van der Waals surface area (Å²) in [6, 6.07) is 0.213. The van der Waals surface area contributed by atoms with Gasteiger partial charge in [0.1, 0.15) is 0 Å². The van der Waals surface area contributed by atoms with Gasteiger partial charge in [-0.05, 0) is 33.4 Å². The van der Waals surface area contributed by atoms with E-state index in [1.807, 2.05) is 7.05 Å². The van der Waals surface area contributed by atoms with Crippen LogP contribution in [-0.2, 0) is 9.53 Å². The van der Waals surface area contributed by atoms with Gasteiger partial charge in [0.2, 0.25) is 0 Å². The highest BCUT2D eigenvalue weighted by atomic mass is 16.5. The summed E-state index contributed by atoms with van der Waals surface area (Å²) in [7, 11) is 1.99. The topological polar surface area (TPSA) is 82.7 Å². The molecule has 1 fully saturated rings. The normalized spacial score (nSPS) is 22.2. The lowest BCUT2D eigenvalue weighted by molar-refractivity contribution is -0.138. The number of nitrogens with one attached hydrogen (secondary N) is 3. The number of nitrogens with zero attached hydrogens (tertiary/aromatic N) is 1. The second kappa shape index (κ2) is 7.42. The van der Waals surface area contributed by atoms with E-state index in [0.717, 1.165) is 13.1 Å². The molecule has 0 aromatic rings. The number of carbonyl (C=O) groups is 2. The highest BCUT2D eigenvalue weighted by Gasteiger charge is 2.25. The van der Waals surface area contributed by atoms with Crippen LogP contribution in [-0.4, -0.2) is 62.8 Å². The maximum Gasteiger partial charge on any atom is 0.337 e. The Hall–Kier alpha value is -1.60. The molecule has 2 aliphatic heterocycles. The van der Waals surface area contributed by atoms with Gasteiger partial charge in [0.15, 0.2) is 0 Å². The van der Waals surface area contributed by atoms with E-state index in [4.69, 9.17) is 4.74 Å². The van der Waals surface area contributed by atoms with Crippen molar-refractivity contribution in [2.24, 2.45) is 0 Å². The average Bonchev–Trinajstić information content (AvgIpc) is 2.91. The van der Waals surface area contributed by atoms with Crippen molar-refractivity contribution in [3.05, 3.63) is 11.3 Å². The molecule has 0 spiro atoms. The Labute approximate surface area is 125 Å². The molecule has 0 bridgehead atoms. The van der Waals surface area contributed by atoms with Crippen molar-refractivity contribution >= 4 is 12.0 Å². The number of urea groups is 1. The minimum Gasteiger partial charge on any atom is -0.463 e. The molecule has 2 rings (SSSR count). The number of ether oxygens (including phenoxy) is 1. The zero-order valence-corrected chi connectivity index (χ0v) is 12.7. The van der Waals surface area contributed by atoms with Crippen LogP contribution >= 0.6 is 0 Å². The van der Waals surface area contributed by atoms with Gasteiger partial charge in [-0.15, -0.1) is 0 Å². The minimum absolute atomic E-state index is 0.218. The van der Waals surface area contributed by atoms with E-state index in [1.165, 1.54) is 12.8 Å². The molecule has 2 aliphatic rings. The van der Waals surface area contributed by atoms with E-state index < -0.39 is 0 Å². The molecule has 0 radical (unpaired) electrons. The first-order valence-corrected chi connectivity index (χ1v) is 7.46. The lowest BCUT2D eigenvalue weighted by Crippen LogP contribution is -2.47. The second-order valence-corrected chi connectivity index (χ2v) is 5.48. The molecule has 0 saturated carbocycles. The van der Waals surface area contributed by atoms with Gasteiger partial charge in [-0.2, -0.15) is 0 Å². The quantitative estimate of drug-likeness (QED) is 0.591. The number of esters is 1. The number of likely N-dealkylation sites (N-methyl/N-ethyl adjacent to an activating group) is 1. The van der Waals surface area contributed by atoms with Gasteiger partial charge in [0.05, 0.1) is 18.7 Å². The predicted octanol–water partition coefficient (Wildman–Crippen LogP) is -0.200. The summed E-state index contributed by atoms with van der Waals surface area (Å²) in [5.41, 5.74) is 1.14. The summed E-state index contributed by atoms with van der Waals surface area (Å²) < 4.78 is 5.04. The molecular weight excluding hydrogens is 272 g/mol. The fourth-order valence-electron chi connectivity index (χ4n) is 2.70. The molecule has 7 heteroatoms. The van der Waals surface area contributed by atoms with Crippen molar-refractivity contribution in [2.75, 3.05) is 39.8 Å². The molecule has 0 aliphatic carbocycles. The monoisotopic (exact) mass is 296 g/mol. The highest BCUT2D eigenvalue weighted by Crippen LogP contribution is 2.11. The van der Waals surface area contributed by atoms with Crippen LogP contribution in [0.5, 0.6) is 0 Å². The van der Waals surface area contributed by atoms with Crippen LogP contribution in [0, 0.1) is 0 Å². The molecular formula is C14H24N4O3. The SMILES string of the molecule is CCOC(=O)C1=C(CN(C)CC2CCCN2)NC(=O)NC1. The van der Waals surface area contributed by atoms with Gasteiger partial charge >= 0.3 is 12.0 Å². The molecule has 2 amide bonds. The number of rotatable bonds is 6. The van der Waals surface area contributed by atoms with E-state index in [2.05, 4.69) is 20.9 Å². The fourth-order valence-corrected chi connectivity index (χ4v) is 2.70. The minimum atomic E-state index is -0.368. The summed E-state index contributed by atoms with van der Waals surface area (Å²) in [4.78, 5) is 25.5. The van der Waals surface area contributed by atoms with Crippen molar-refractivity contribution in [2.45, 2.75) is 25.8 Å². The average molecular weight is 296 g/mol. The third kappa shape index (κ3) is 4.44. The van der Waals surface area contributed by atoms with E-state index >= 15 is 0 Å². The number of amides is 2. The molecule has 3 N–H and O–H groups in total. The van der Waals surface area contributed by atoms with Crippen molar-refractivity contribution in [3.8, 4) is 0 Å². The van der Waals surface area contributed by atoms with E-state index in [0.29, 0.717) is 30.5 Å². The number of hydrogen-bond acceptors (Lipinski definition) is 5. The molecule has 118 valence electrons. The molecule has 0 aromatic carbocycles. The van der Waals surface area contributed by atoms with Crippen molar-refractivity contribution in [3.63, 3.8) is 0 Å². The van der Waals surface area contributed by atoms with Crippen LogP contribution in [0.25, 0.3) is 0 Å². The van der Waals surface area contributed by atoms with Gasteiger partial charge < -0.3 is 20.7 Å². The van der Waals surface area contributed by atoms with Crippen molar-refractivity contribution in [1.82, 2.24) is 20.9 Å². The first kappa shape index (κ1) is 15.8. The van der Waals surface area contributed by atoms with Gasteiger partial charge in [-0.25, -0.2) is 9.59 Å². The van der Waals surface area contributed by atoms with Gasteiger partial charge in [0, 0.05) is 24.8 Å². The zero-order valence-electron chi connectivity index (χ0n) is 12.7. The van der Waals surface area contributed by atoms with Gasteiger partial charge in [-0.1, -0.05) is 0 Å². The standard InChI is InChI=1S/C14H24N4O3/c1-3-21-13(19)11-7-16-14(20)17-12(11)9-18(2)8-10-5-4-6-15-10/h10,15H,3-9H2,1-2H3,(H2,16,17,20). The Bertz CT molecular complexity index is 430. The Kier molecular flexibility index (Phi) is 5.58. The van der Waals surface area contributed by atoms with Crippen molar-refractivity contribution in [1.29, 1.82) is 0 Å². The molecule has 1 unspecified atom stereocenters. The van der Waals surface area contributed by atoms with Crippen LogP contribution < -0.4 is 16.0 Å².